The number of benzene rings is 1. The van der Waals surface area contributed by atoms with Crippen LogP contribution in [0, 0.1) is 0 Å². The van der Waals surface area contributed by atoms with Gasteiger partial charge in [-0.25, -0.2) is 0 Å². The minimum Gasteiger partial charge on any atom is -0.355 e. The van der Waals surface area contributed by atoms with Crippen molar-refractivity contribution in [2.45, 2.75) is 12.8 Å². The molecule has 5 heteroatoms. The quantitative estimate of drug-likeness (QED) is 0.848. The molecule has 0 atom stereocenters. The van der Waals surface area contributed by atoms with Gasteiger partial charge in [0.15, 0.2) is 0 Å². The van der Waals surface area contributed by atoms with Gasteiger partial charge in [0, 0.05) is 19.2 Å². The van der Waals surface area contributed by atoms with Crippen molar-refractivity contribution < 1.29 is 9.59 Å². The lowest BCUT2D eigenvalue weighted by atomic mass is 10.1. The Morgan fingerprint density at radius 3 is 2.52 bits per heavy atom. The van der Waals surface area contributed by atoms with Crippen LogP contribution >= 0.6 is 0 Å². The maximum Gasteiger partial charge on any atom is 0.226 e. The van der Waals surface area contributed by atoms with E-state index in [9.17, 15) is 9.59 Å². The van der Waals surface area contributed by atoms with Gasteiger partial charge >= 0.3 is 0 Å². The summed E-state index contributed by atoms with van der Waals surface area (Å²) in [5, 5.41) is 5.45. The van der Waals surface area contributed by atoms with Crippen molar-refractivity contribution in [2.24, 2.45) is 0 Å². The molecule has 0 aliphatic carbocycles. The summed E-state index contributed by atoms with van der Waals surface area (Å²) in [6.45, 7) is 0.317. The van der Waals surface area contributed by atoms with Gasteiger partial charge in [-0.05, 0) is 17.7 Å². The highest BCUT2D eigenvalue weighted by atomic mass is 16.2. The molecule has 0 saturated carbocycles. The molecule has 0 saturated heterocycles. The Hall–Kier alpha value is -2.69. The fraction of sp³-hybridized carbons (Fsp3) is 0.188. The lowest BCUT2D eigenvalue weighted by Crippen LogP contribution is -2.28. The summed E-state index contributed by atoms with van der Waals surface area (Å²) in [5.41, 5.74) is 1.60. The van der Waals surface area contributed by atoms with Crippen LogP contribution in [0.15, 0.2) is 54.9 Å². The number of pyridine rings is 1. The average molecular weight is 283 g/mol. The molecule has 1 heterocycles. The van der Waals surface area contributed by atoms with Gasteiger partial charge < -0.3 is 10.6 Å². The molecule has 0 radical (unpaired) electrons. The van der Waals surface area contributed by atoms with E-state index in [1.807, 2.05) is 30.3 Å². The van der Waals surface area contributed by atoms with Crippen LogP contribution in [0.25, 0.3) is 0 Å². The first-order chi connectivity index (χ1) is 10.2. The second kappa shape index (κ2) is 7.79. The van der Waals surface area contributed by atoms with Crippen molar-refractivity contribution in [3.8, 4) is 0 Å². The number of hydrogen-bond donors (Lipinski definition) is 2. The summed E-state index contributed by atoms with van der Waals surface area (Å²) in [4.78, 5) is 27.3. The monoisotopic (exact) mass is 283 g/mol. The predicted molar refractivity (Wildman–Crippen MR) is 80.6 cm³/mol. The summed E-state index contributed by atoms with van der Waals surface area (Å²) < 4.78 is 0. The van der Waals surface area contributed by atoms with Crippen LogP contribution in [0.2, 0.25) is 0 Å². The molecular weight excluding hydrogens is 266 g/mol. The zero-order valence-electron chi connectivity index (χ0n) is 11.6. The third-order valence-electron chi connectivity index (χ3n) is 2.83. The first-order valence-corrected chi connectivity index (χ1v) is 6.74. The van der Waals surface area contributed by atoms with E-state index in [4.69, 9.17) is 0 Å². The number of hydrogen-bond acceptors (Lipinski definition) is 3. The molecule has 2 rings (SSSR count). The number of rotatable bonds is 6. The molecule has 0 spiro atoms. The highest BCUT2D eigenvalue weighted by Crippen LogP contribution is 2.03. The maximum absolute atomic E-state index is 11.7. The average Bonchev–Trinajstić information content (AvgIpc) is 2.49. The van der Waals surface area contributed by atoms with Gasteiger partial charge in [0.05, 0.1) is 18.3 Å². The Morgan fingerprint density at radius 1 is 1.00 bits per heavy atom. The molecular formula is C16H17N3O2. The molecule has 0 bridgehead atoms. The van der Waals surface area contributed by atoms with Gasteiger partial charge in [-0.3, -0.25) is 14.6 Å². The van der Waals surface area contributed by atoms with Crippen molar-refractivity contribution >= 4 is 17.5 Å². The molecule has 1 aromatic heterocycles. The summed E-state index contributed by atoms with van der Waals surface area (Å²) in [7, 11) is 0. The van der Waals surface area contributed by atoms with Crippen LogP contribution in [0.5, 0.6) is 0 Å². The zero-order chi connectivity index (χ0) is 14.9. The van der Waals surface area contributed by atoms with Gasteiger partial charge in [-0.15, -0.1) is 0 Å². The molecule has 0 fully saturated rings. The van der Waals surface area contributed by atoms with Crippen LogP contribution in [0.1, 0.15) is 12.0 Å². The van der Waals surface area contributed by atoms with Crippen molar-refractivity contribution in [3.63, 3.8) is 0 Å². The van der Waals surface area contributed by atoms with E-state index in [0.717, 1.165) is 5.56 Å². The summed E-state index contributed by atoms with van der Waals surface area (Å²) >= 11 is 0. The van der Waals surface area contributed by atoms with Gasteiger partial charge in [-0.1, -0.05) is 30.3 Å². The Labute approximate surface area is 123 Å². The highest BCUT2D eigenvalue weighted by Gasteiger charge is 2.05. The normalized spacial score (nSPS) is 9.90. The number of nitrogens with one attached hydrogen (secondary N) is 2. The van der Waals surface area contributed by atoms with E-state index < -0.39 is 0 Å². The molecule has 2 N–H and O–H groups in total. The maximum atomic E-state index is 11.7. The standard InChI is InChI=1S/C16H17N3O2/c20-15(19-14-7-4-9-17-12-14)8-10-18-16(21)11-13-5-2-1-3-6-13/h1-7,9,12H,8,10-11H2,(H,18,21)(H,19,20). The first-order valence-electron chi connectivity index (χ1n) is 6.74. The van der Waals surface area contributed by atoms with Crippen LogP contribution < -0.4 is 10.6 Å². The van der Waals surface area contributed by atoms with Gasteiger partial charge in [0.1, 0.15) is 0 Å². The van der Waals surface area contributed by atoms with Gasteiger partial charge in [0.2, 0.25) is 11.8 Å². The molecule has 0 aliphatic heterocycles. The molecule has 0 aliphatic rings. The van der Waals surface area contributed by atoms with Crippen molar-refractivity contribution in [3.05, 3.63) is 60.4 Å². The van der Waals surface area contributed by atoms with Crippen LogP contribution in [0.3, 0.4) is 0 Å². The smallest absolute Gasteiger partial charge is 0.226 e. The molecule has 2 amide bonds. The Kier molecular flexibility index (Phi) is 5.46. The van der Waals surface area contributed by atoms with Crippen LogP contribution in [-0.4, -0.2) is 23.3 Å². The number of carbonyl (C=O) groups is 2. The SMILES string of the molecule is O=C(Cc1ccccc1)NCCC(=O)Nc1cccnc1. The number of amides is 2. The minimum absolute atomic E-state index is 0.0876. The molecule has 1 aromatic carbocycles. The second-order valence-corrected chi connectivity index (χ2v) is 4.55. The molecule has 0 unspecified atom stereocenters. The van der Waals surface area contributed by atoms with Gasteiger partial charge in [0.25, 0.3) is 0 Å². The van der Waals surface area contributed by atoms with E-state index in [2.05, 4.69) is 15.6 Å². The second-order valence-electron chi connectivity index (χ2n) is 4.55. The number of anilines is 1. The lowest BCUT2D eigenvalue weighted by Gasteiger charge is -2.06. The Morgan fingerprint density at radius 2 is 1.81 bits per heavy atom. The summed E-state index contributed by atoms with van der Waals surface area (Å²) in [5.74, 6) is -0.238. The topological polar surface area (TPSA) is 71.1 Å². The number of nitrogens with zero attached hydrogens (tertiary/aromatic N) is 1. The first kappa shape index (κ1) is 14.7. The van der Waals surface area contributed by atoms with Crippen molar-refractivity contribution in [1.82, 2.24) is 10.3 Å². The highest BCUT2D eigenvalue weighted by molar-refractivity contribution is 5.91. The minimum atomic E-state index is -0.150. The number of aromatic nitrogens is 1. The predicted octanol–water partition coefficient (Wildman–Crippen LogP) is 1.77. The lowest BCUT2D eigenvalue weighted by molar-refractivity contribution is -0.120. The van der Waals surface area contributed by atoms with Crippen LogP contribution in [0.4, 0.5) is 5.69 Å². The third kappa shape index (κ3) is 5.44. The largest absolute Gasteiger partial charge is 0.355 e. The molecule has 2 aromatic rings. The fourth-order valence-corrected chi connectivity index (χ4v) is 1.82. The van der Waals surface area contributed by atoms with E-state index in [1.165, 1.54) is 0 Å². The van der Waals surface area contributed by atoms with E-state index in [0.29, 0.717) is 18.7 Å². The van der Waals surface area contributed by atoms with E-state index >= 15 is 0 Å². The Balaban J connectivity index is 1.67. The molecule has 21 heavy (non-hydrogen) atoms. The fourth-order valence-electron chi connectivity index (χ4n) is 1.82. The van der Waals surface area contributed by atoms with Crippen molar-refractivity contribution in [1.29, 1.82) is 0 Å². The molecule has 5 nitrogen and oxygen atoms in total. The van der Waals surface area contributed by atoms with E-state index in [1.54, 1.807) is 24.5 Å². The summed E-state index contributed by atoms with van der Waals surface area (Å²) in [6.07, 6.45) is 3.77. The van der Waals surface area contributed by atoms with Crippen molar-refractivity contribution in [2.75, 3.05) is 11.9 Å². The van der Waals surface area contributed by atoms with E-state index in [-0.39, 0.29) is 18.2 Å². The third-order valence-corrected chi connectivity index (χ3v) is 2.83. The van der Waals surface area contributed by atoms with Crippen LogP contribution in [-0.2, 0) is 16.0 Å². The Bertz CT molecular complexity index is 531. The van der Waals surface area contributed by atoms with Gasteiger partial charge in [-0.2, -0.15) is 0 Å². The summed E-state index contributed by atoms with van der Waals surface area (Å²) in [6, 6.07) is 13.0. The number of carbonyl (C=O) groups excluding carboxylic acids is 2. The molecule has 108 valence electrons. The zero-order valence-corrected chi connectivity index (χ0v) is 11.6.